The summed E-state index contributed by atoms with van der Waals surface area (Å²) in [5, 5.41) is 4.07. The number of fused-ring (bicyclic) bond motifs is 1. The second-order valence-corrected chi connectivity index (χ2v) is 6.53. The number of benzene rings is 2. The normalized spacial score (nSPS) is 12.3. The number of halogens is 1. The molecule has 0 radical (unpaired) electrons. The molecule has 0 aliphatic heterocycles. The molecule has 0 saturated carbocycles. The fraction of sp³-hybridized carbons (Fsp3) is 0.350. The summed E-state index contributed by atoms with van der Waals surface area (Å²) < 4.78 is 12.9. The molecule has 1 atom stereocenters. The number of hydrogen-bond donors (Lipinski definition) is 1. The lowest BCUT2D eigenvalue weighted by atomic mass is 10.2. The van der Waals surface area contributed by atoms with Crippen LogP contribution < -0.4 is 14.8 Å². The van der Waals surface area contributed by atoms with E-state index in [1.54, 1.807) is 14.2 Å². The lowest BCUT2D eigenvalue weighted by molar-refractivity contribution is 0.354. The van der Waals surface area contributed by atoms with Gasteiger partial charge < -0.3 is 19.4 Å². The number of imidazole rings is 1. The lowest BCUT2D eigenvalue weighted by Crippen LogP contribution is -2.21. The van der Waals surface area contributed by atoms with Gasteiger partial charge in [-0.2, -0.15) is 0 Å². The third kappa shape index (κ3) is 3.50. The summed E-state index contributed by atoms with van der Waals surface area (Å²) in [6.45, 7) is 5.78. The van der Waals surface area contributed by atoms with Gasteiger partial charge in [0, 0.05) is 13.1 Å². The van der Waals surface area contributed by atoms with Gasteiger partial charge in [-0.15, -0.1) is 0 Å². The van der Waals surface area contributed by atoms with Crippen molar-refractivity contribution in [1.29, 1.82) is 0 Å². The molecule has 0 aliphatic rings. The molecular weight excluding hydrogens is 350 g/mol. The van der Waals surface area contributed by atoms with Gasteiger partial charge in [0.05, 0.1) is 36.3 Å². The average molecular weight is 374 g/mol. The molecule has 0 saturated heterocycles. The monoisotopic (exact) mass is 373 g/mol. The predicted molar refractivity (Wildman–Crippen MR) is 105 cm³/mol. The molecule has 3 rings (SSSR count). The smallest absolute Gasteiger partial charge is 0.179 e. The average Bonchev–Trinajstić information content (AvgIpc) is 3.04. The van der Waals surface area contributed by atoms with E-state index in [0.29, 0.717) is 23.1 Å². The summed E-state index contributed by atoms with van der Waals surface area (Å²) in [6, 6.07) is 12.1. The van der Waals surface area contributed by atoms with E-state index < -0.39 is 0 Å². The number of rotatable bonds is 7. The topological polar surface area (TPSA) is 48.3 Å². The van der Waals surface area contributed by atoms with Crippen LogP contribution in [0.1, 0.15) is 31.3 Å². The van der Waals surface area contributed by atoms with E-state index in [9.17, 15) is 0 Å². The van der Waals surface area contributed by atoms with Crippen molar-refractivity contribution in [2.75, 3.05) is 14.2 Å². The maximum absolute atomic E-state index is 6.30. The molecule has 3 aromatic rings. The van der Waals surface area contributed by atoms with Gasteiger partial charge in [0.1, 0.15) is 5.82 Å². The Kier molecular flexibility index (Phi) is 5.69. The van der Waals surface area contributed by atoms with Gasteiger partial charge in [0.25, 0.3) is 0 Å². The molecule has 1 N–H and O–H groups in total. The van der Waals surface area contributed by atoms with Crippen molar-refractivity contribution in [1.82, 2.24) is 14.9 Å². The Labute approximate surface area is 158 Å². The number of nitrogens with zero attached hydrogens (tertiary/aromatic N) is 2. The first kappa shape index (κ1) is 18.5. The molecule has 0 amide bonds. The summed E-state index contributed by atoms with van der Waals surface area (Å²) in [4.78, 5) is 4.80. The molecule has 1 aromatic heterocycles. The van der Waals surface area contributed by atoms with E-state index in [1.165, 1.54) is 0 Å². The molecule has 5 nitrogen and oxygen atoms in total. The Balaban J connectivity index is 1.81. The summed E-state index contributed by atoms with van der Waals surface area (Å²) >= 11 is 6.30. The van der Waals surface area contributed by atoms with Crippen LogP contribution in [-0.2, 0) is 13.1 Å². The highest BCUT2D eigenvalue weighted by molar-refractivity contribution is 6.32. The van der Waals surface area contributed by atoms with E-state index in [2.05, 4.69) is 29.8 Å². The number of methoxy groups -OCH3 is 2. The standard InChI is InChI=1S/C20H24ClN3O2/c1-5-24-17-9-7-6-8-16(17)23-20(24)13(2)22-12-14-10-15(21)19(26-4)18(11-14)25-3/h6-11,13,22H,5,12H2,1-4H3. The van der Waals surface area contributed by atoms with Gasteiger partial charge in [-0.05, 0) is 43.7 Å². The maximum atomic E-state index is 6.30. The highest BCUT2D eigenvalue weighted by Crippen LogP contribution is 2.36. The van der Waals surface area contributed by atoms with Gasteiger partial charge in [0.2, 0.25) is 0 Å². The zero-order valence-electron chi connectivity index (χ0n) is 15.5. The largest absolute Gasteiger partial charge is 0.493 e. The summed E-state index contributed by atoms with van der Waals surface area (Å²) in [6.07, 6.45) is 0. The minimum absolute atomic E-state index is 0.0919. The highest BCUT2D eigenvalue weighted by atomic mass is 35.5. The molecular formula is C20H24ClN3O2. The zero-order valence-corrected chi connectivity index (χ0v) is 16.3. The van der Waals surface area contributed by atoms with Gasteiger partial charge in [-0.25, -0.2) is 4.98 Å². The summed E-state index contributed by atoms with van der Waals surface area (Å²) in [5.41, 5.74) is 3.21. The number of ether oxygens (including phenoxy) is 2. The van der Waals surface area contributed by atoms with Crippen molar-refractivity contribution in [3.63, 3.8) is 0 Å². The Morgan fingerprint density at radius 3 is 2.65 bits per heavy atom. The second kappa shape index (κ2) is 7.98. The van der Waals surface area contributed by atoms with Crippen LogP contribution in [0.15, 0.2) is 36.4 Å². The fourth-order valence-corrected chi connectivity index (χ4v) is 3.50. The van der Waals surface area contributed by atoms with Crippen LogP contribution in [0, 0.1) is 0 Å². The predicted octanol–water partition coefficient (Wildman–Crippen LogP) is 4.58. The first-order valence-corrected chi connectivity index (χ1v) is 9.05. The van der Waals surface area contributed by atoms with Crippen LogP contribution in [0.4, 0.5) is 0 Å². The summed E-state index contributed by atoms with van der Waals surface area (Å²) in [5.74, 6) is 2.21. The van der Waals surface area contributed by atoms with Crippen LogP contribution >= 0.6 is 11.6 Å². The van der Waals surface area contributed by atoms with Crippen molar-refractivity contribution >= 4 is 22.6 Å². The first-order chi connectivity index (χ1) is 12.6. The van der Waals surface area contributed by atoms with Crippen molar-refractivity contribution in [3.8, 4) is 11.5 Å². The molecule has 1 heterocycles. The Morgan fingerprint density at radius 2 is 1.96 bits per heavy atom. The van der Waals surface area contributed by atoms with Gasteiger partial charge >= 0.3 is 0 Å². The number of aryl methyl sites for hydroxylation is 1. The van der Waals surface area contributed by atoms with Crippen LogP contribution in [-0.4, -0.2) is 23.8 Å². The van der Waals surface area contributed by atoms with Crippen LogP contribution in [0.3, 0.4) is 0 Å². The molecule has 6 heteroatoms. The molecule has 0 spiro atoms. The van der Waals surface area contributed by atoms with E-state index in [-0.39, 0.29) is 6.04 Å². The third-order valence-corrected chi connectivity index (χ3v) is 4.77. The number of nitrogens with one attached hydrogen (secondary N) is 1. The highest BCUT2D eigenvalue weighted by Gasteiger charge is 2.16. The Bertz CT molecular complexity index is 907. The molecule has 26 heavy (non-hydrogen) atoms. The molecule has 2 aromatic carbocycles. The SMILES string of the molecule is CCn1c(C(C)NCc2cc(Cl)c(OC)c(OC)c2)nc2ccccc21. The second-order valence-electron chi connectivity index (χ2n) is 6.12. The number of hydrogen-bond acceptors (Lipinski definition) is 4. The zero-order chi connectivity index (χ0) is 18.7. The van der Waals surface area contributed by atoms with Crippen LogP contribution in [0.2, 0.25) is 5.02 Å². The lowest BCUT2D eigenvalue weighted by Gasteiger charge is -2.17. The van der Waals surface area contributed by atoms with Crippen molar-refractivity contribution in [2.24, 2.45) is 0 Å². The van der Waals surface area contributed by atoms with Crippen molar-refractivity contribution < 1.29 is 9.47 Å². The Morgan fingerprint density at radius 1 is 1.19 bits per heavy atom. The molecule has 1 unspecified atom stereocenters. The van der Waals surface area contributed by atoms with E-state index in [1.807, 2.05) is 30.3 Å². The molecule has 0 aliphatic carbocycles. The van der Waals surface area contributed by atoms with E-state index in [0.717, 1.165) is 29.0 Å². The van der Waals surface area contributed by atoms with Crippen LogP contribution in [0.5, 0.6) is 11.5 Å². The maximum Gasteiger partial charge on any atom is 0.179 e. The van der Waals surface area contributed by atoms with Gasteiger partial charge in [-0.1, -0.05) is 23.7 Å². The quantitative estimate of drug-likeness (QED) is 0.658. The minimum atomic E-state index is 0.0919. The Hall–Kier alpha value is -2.24. The fourth-order valence-electron chi connectivity index (χ4n) is 3.19. The minimum Gasteiger partial charge on any atom is -0.493 e. The van der Waals surface area contributed by atoms with Crippen molar-refractivity contribution in [2.45, 2.75) is 33.0 Å². The number of aromatic nitrogens is 2. The van der Waals surface area contributed by atoms with E-state index >= 15 is 0 Å². The molecule has 138 valence electrons. The molecule has 0 bridgehead atoms. The summed E-state index contributed by atoms with van der Waals surface area (Å²) in [7, 11) is 3.19. The van der Waals surface area contributed by atoms with Crippen LogP contribution in [0.25, 0.3) is 11.0 Å². The van der Waals surface area contributed by atoms with Gasteiger partial charge in [0.15, 0.2) is 11.5 Å². The third-order valence-electron chi connectivity index (χ3n) is 4.49. The molecule has 0 fully saturated rings. The van der Waals surface area contributed by atoms with Crippen molar-refractivity contribution in [3.05, 3.63) is 52.8 Å². The van der Waals surface area contributed by atoms with Gasteiger partial charge in [-0.3, -0.25) is 0 Å². The van der Waals surface area contributed by atoms with E-state index in [4.69, 9.17) is 26.1 Å². The number of para-hydroxylation sites is 2. The first-order valence-electron chi connectivity index (χ1n) is 8.68.